The molecule has 3 N–H and O–H groups in total. The lowest BCUT2D eigenvalue weighted by molar-refractivity contribution is -0.123. The maximum absolute atomic E-state index is 12.4. The molecule has 0 spiro atoms. The van der Waals surface area contributed by atoms with Crippen molar-refractivity contribution in [3.05, 3.63) is 56.5 Å². The van der Waals surface area contributed by atoms with Crippen LogP contribution in [0.5, 0.6) is 11.5 Å². The van der Waals surface area contributed by atoms with Gasteiger partial charge in [0.05, 0.1) is 15.6 Å². The first-order valence-electron chi connectivity index (χ1n) is 10.6. The Morgan fingerprint density at radius 2 is 1.59 bits per heavy atom. The molecule has 2 rings (SSSR count). The summed E-state index contributed by atoms with van der Waals surface area (Å²) >= 11 is 12.0. The molecule has 2 aromatic rings. The van der Waals surface area contributed by atoms with E-state index in [0.29, 0.717) is 34.1 Å². The minimum Gasteiger partial charge on any atom is -0.492 e. The molecular formula is C24H29Br2N3O4S. The van der Waals surface area contributed by atoms with Gasteiger partial charge in [0.15, 0.2) is 11.7 Å². The van der Waals surface area contributed by atoms with Crippen molar-refractivity contribution < 1.29 is 19.1 Å². The van der Waals surface area contributed by atoms with Crippen LogP contribution in [0.3, 0.4) is 0 Å². The van der Waals surface area contributed by atoms with E-state index in [1.165, 1.54) is 0 Å². The lowest BCUT2D eigenvalue weighted by Crippen LogP contribution is -2.49. The van der Waals surface area contributed by atoms with E-state index < -0.39 is 11.8 Å². The molecule has 0 aliphatic carbocycles. The summed E-state index contributed by atoms with van der Waals surface area (Å²) in [6.45, 7) is 10.8. The molecule has 0 fully saturated rings. The number of carbonyl (C=O) groups excluding carboxylic acids is 2. The number of ether oxygens (including phenoxy) is 2. The minimum absolute atomic E-state index is 0.00211. The Bertz CT molecular complexity index is 1050. The lowest BCUT2D eigenvalue weighted by Gasteiger charge is -2.20. The van der Waals surface area contributed by atoms with E-state index in [4.69, 9.17) is 21.7 Å². The van der Waals surface area contributed by atoms with Crippen LogP contribution in [-0.2, 0) is 10.2 Å². The highest BCUT2D eigenvalue weighted by atomic mass is 79.9. The number of rotatable bonds is 7. The Balaban J connectivity index is 1.81. The fourth-order valence-electron chi connectivity index (χ4n) is 2.61. The third-order valence-electron chi connectivity index (χ3n) is 4.47. The standard InChI is InChI=1S/C24H29Br2N3O4S/c1-14(2)12-32-19-8-6-15(10-17(19)25)22(31)27-23(34)29-28-21(30)13-33-20-9-7-16(11-18(20)26)24(3,4)5/h6-11,14H,12-13H2,1-5H3,(H,28,30)(H2,27,29,31,34). The highest BCUT2D eigenvalue weighted by Gasteiger charge is 2.16. The fourth-order valence-corrected chi connectivity index (χ4v) is 3.74. The number of amides is 2. The Labute approximate surface area is 222 Å². The van der Waals surface area contributed by atoms with Gasteiger partial charge in [-0.15, -0.1) is 0 Å². The summed E-state index contributed by atoms with van der Waals surface area (Å²) in [6, 6.07) is 10.7. The van der Waals surface area contributed by atoms with Crippen LogP contribution in [0.1, 0.15) is 50.5 Å². The third kappa shape index (κ3) is 8.88. The summed E-state index contributed by atoms with van der Waals surface area (Å²) in [5.74, 6) is 0.692. The fraction of sp³-hybridized carbons (Fsp3) is 0.375. The smallest absolute Gasteiger partial charge is 0.276 e. The molecular weight excluding hydrogens is 586 g/mol. The van der Waals surface area contributed by atoms with Crippen LogP contribution in [0.4, 0.5) is 0 Å². The zero-order chi connectivity index (χ0) is 25.5. The van der Waals surface area contributed by atoms with Crippen LogP contribution in [0, 0.1) is 5.92 Å². The van der Waals surface area contributed by atoms with Gasteiger partial charge in [0.25, 0.3) is 11.8 Å². The first-order chi connectivity index (χ1) is 15.9. The number of benzene rings is 2. The number of halogens is 2. The average Bonchev–Trinajstić information content (AvgIpc) is 2.75. The summed E-state index contributed by atoms with van der Waals surface area (Å²) in [7, 11) is 0. The monoisotopic (exact) mass is 613 g/mol. The Morgan fingerprint density at radius 3 is 2.18 bits per heavy atom. The van der Waals surface area contributed by atoms with Gasteiger partial charge in [0.2, 0.25) is 0 Å². The van der Waals surface area contributed by atoms with E-state index in [2.05, 4.69) is 82.6 Å². The van der Waals surface area contributed by atoms with E-state index in [1.807, 2.05) is 18.2 Å². The molecule has 2 aromatic carbocycles. The number of hydrazine groups is 1. The molecule has 0 aromatic heterocycles. The Kier molecular flexibility index (Phi) is 10.3. The molecule has 0 saturated heterocycles. The highest BCUT2D eigenvalue weighted by Crippen LogP contribution is 2.31. The van der Waals surface area contributed by atoms with E-state index in [9.17, 15) is 9.59 Å². The van der Waals surface area contributed by atoms with Gasteiger partial charge in [0, 0.05) is 5.56 Å². The van der Waals surface area contributed by atoms with Gasteiger partial charge < -0.3 is 9.47 Å². The number of thiocarbonyl (C=S) groups is 1. The number of hydrogen-bond donors (Lipinski definition) is 3. The Hall–Kier alpha value is -2.17. The largest absolute Gasteiger partial charge is 0.492 e. The van der Waals surface area contributed by atoms with Crippen molar-refractivity contribution in [2.24, 2.45) is 5.92 Å². The zero-order valence-electron chi connectivity index (χ0n) is 19.8. The molecule has 0 radical (unpaired) electrons. The van der Waals surface area contributed by atoms with Gasteiger partial charge in [-0.3, -0.25) is 25.8 Å². The second kappa shape index (κ2) is 12.5. The van der Waals surface area contributed by atoms with E-state index in [-0.39, 0.29) is 17.1 Å². The zero-order valence-corrected chi connectivity index (χ0v) is 23.7. The maximum Gasteiger partial charge on any atom is 0.276 e. The predicted octanol–water partition coefficient (Wildman–Crippen LogP) is 5.26. The molecule has 7 nitrogen and oxygen atoms in total. The molecule has 184 valence electrons. The van der Waals surface area contributed by atoms with Crippen molar-refractivity contribution in [3.8, 4) is 11.5 Å². The van der Waals surface area contributed by atoms with Gasteiger partial charge in [-0.05, 0) is 91.3 Å². The van der Waals surface area contributed by atoms with Gasteiger partial charge >= 0.3 is 0 Å². The van der Waals surface area contributed by atoms with E-state index in [1.54, 1.807) is 18.2 Å². The molecule has 10 heteroatoms. The highest BCUT2D eigenvalue weighted by molar-refractivity contribution is 9.10. The van der Waals surface area contributed by atoms with Crippen molar-refractivity contribution in [2.75, 3.05) is 13.2 Å². The van der Waals surface area contributed by atoms with Crippen molar-refractivity contribution in [2.45, 2.75) is 40.0 Å². The van der Waals surface area contributed by atoms with Gasteiger partial charge in [-0.1, -0.05) is 40.7 Å². The first-order valence-corrected chi connectivity index (χ1v) is 12.6. The summed E-state index contributed by atoms with van der Waals surface area (Å²) in [5, 5.41) is 2.46. The Morgan fingerprint density at radius 1 is 0.971 bits per heavy atom. The summed E-state index contributed by atoms with van der Waals surface area (Å²) in [6.07, 6.45) is 0. The topological polar surface area (TPSA) is 88.7 Å². The molecule has 0 heterocycles. The predicted molar refractivity (Wildman–Crippen MR) is 144 cm³/mol. The minimum atomic E-state index is -0.460. The molecule has 34 heavy (non-hydrogen) atoms. The summed E-state index contributed by atoms with van der Waals surface area (Å²) < 4.78 is 12.7. The van der Waals surface area contributed by atoms with Crippen LogP contribution in [0.25, 0.3) is 0 Å². The normalized spacial score (nSPS) is 11.1. The quantitative estimate of drug-likeness (QED) is 0.291. The number of carbonyl (C=O) groups is 2. The van der Waals surface area contributed by atoms with Gasteiger partial charge in [-0.25, -0.2) is 0 Å². The first kappa shape index (κ1) is 28.1. The van der Waals surface area contributed by atoms with Gasteiger partial charge in [0.1, 0.15) is 11.5 Å². The molecule has 2 amide bonds. The number of hydrogen-bond acceptors (Lipinski definition) is 5. The van der Waals surface area contributed by atoms with Crippen molar-refractivity contribution >= 4 is 61.0 Å². The van der Waals surface area contributed by atoms with Crippen molar-refractivity contribution in [1.82, 2.24) is 16.2 Å². The van der Waals surface area contributed by atoms with E-state index >= 15 is 0 Å². The van der Waals surface area contributed by atoms with Crippen LogP contribution < -0.4 is 25.6 Å². The molecule has 0 bridgehead atoms. The van der Waals surface area contributed by atoms with Crippen LogP contribution in [0.15, 0.2) is 45.3 Å². The summed E-state index contributed by atoms with van der Waals surface area (Å²) in [5.41, 5.74) is 6.42. The molecule has 0 unspecified atom stereocenters. The van der Waals surface area contributed by atoms with Gasteiger partial charge in [-0.2, -0.15) is 0 Å². The average molecular weight is 615 g/mol. The summed E-state index contributed by atoms with van der Waals surface area (Å²) in [4.78, 5) is 24.5. The molecule has 0 aliphatic rings. The van der Waals surface area contributed by atoms with Crippen molar-refractivity contribution in [1.29, 1.82) is 0 Å². The SMILES string of the molecule is CC(C)COc1ccc(C(=O)NC(=S)NNC(=O)COc2ccc(C(C)(C)C)cc2Br)cc1Br. The van der Waals surface area contributed by atoms with E-state index in [0.717, 1.165) is 10.0 Å². The third-order valence-corrected chi connectivity index (χ3v) is 5.91. The maximum atomic E-state index is 12.4. The number of nitrogens with one attached hydrogen (secondary N) is 3. The molecule has 0 saturated carbocycles. The molecule has 0 atom stereocenters. The molecule has 0 aliphatic heterocycles. The lowest BCUT2D eigenvalue weighted by atomic mass is 9.87. The van der Waals surface area contributed by atoms with Crippen molar-refractivity contribution in [3.63, 3.8) is 0 Å². The van der Waals surface area contributed by atoms with Crippen LogP contribution in [-0.4, -0.2) is 30.1 Å². The van der Waals surface area contributed by atoms with Crippen LogP contribution >= 0.6 is 44.1 Å². The van der Waals surface area contributed by atoms with Crippen LogP contribution in [0.2, 0.25) is 0 Å². The second-order valence-corrected chi connectivity index (χ2v) is 11.1. The second-order valence-electron chi connectivity index (χ2n) is 8.99.